The SMILES string of the molecule is Cn1cnnc1Sc1ccc(C(=O)N2CCN(c3ccc([N+](=O)[O-])cc3)CC2)cc1[N+](=O)[O-]. The van der Waals surface area contributed by atoms with Crippen LogP contribution >= 0.6 is 11.8 Å². The molecule has 3 aromatic rings. The van der Waals surface area contributed by atoms with Crippen LogP contribution in [0.15, 0.2) is 58.8 Å². The Labute approximate surface area is 192 Å². The highest BCUT2D eigenvalue weighted by molar-refractivity contribution is 7.99. The molecule has 33 heavy (non-hydrogen) atoms. The fourth-order valence-corrected chi connectivity index (χ4v) is 4.33. The quantitative estimate of drug-likeness (QED) is 0.393. The van der Waals surface area contributed by atoms with Gasteiger partial charge in [-0.15, -0.1) is 10.2 Å². The van der Waals surface area contributed by atoms with E-state index in [0.717, 1.165) is 17.4 Å². The number of non-ortho nitro benzene ring substituents is 1. The Bertz CT molecular complexity index is 1210. The van der Waals surface area contributed by atoms with Crippen LogP contribution < -0.4 is 4.90 Å². The molecule has 1 aliphatic rings. The summed E-state index contributed by atoms with van der Waals surface area (Å²) in [5.74, 6) is -0.281. The molecule has 4 rings (SSSR count). The number of carbonyl (C=O) groups excluding carboxylic acids is 1. The number of hydrogen-bond acceptors (Lipinski definition) is 9. The molecule has 0 bridgehead atoms. The van der Waals surface area contributed by atoms with Crippen molar-refractivity contribution in [1.82, 2.24) is 19.7 Å². The number of aryl methyl sites for hydroxylation is 1. The number of hydrogen-bond donors (Lipinski definition) is 0. The van der Waals surface area contributed by atoms with Crippen LogP contribution in [-0.2, 0) is 7.05 Å². The van der Waals surface area contributed by atoms with Crippen molar-refractivity contribution in [1.29, 1.82) is 0 Å². The zero-order chi connectivity index (χ0) is 23.5. The van der Waals surface area contributed by atoms with E-state index in [1.54, 1.807) is 40.8 Å². The second-order valence-corrected chi connectivity index (χ2v) is 8.33. The number of anilines is 1. The predicted molar refractivity (Wildman–Crippen MR) is 119 cm³/mol. The fraction of sp³-hybridized carbons (Fsp3) is 0.250. The monoisotopic (exact) mass is 469 g/mol. The van der Waals surface area contributed by atoms with E-state index in [1.807, 2.05) is 4.90 Å². The summed E-state index contributed by atoms with van der Waals surface area (Å²) in [6.07, 6.45) is 1.50. The van der Waals surface area contributed by atoms with Crippen LogP contribution in [0.3, 0.4) is 0 Å². The third-order valence-corrected chi connectivity index (χ3v) is 6.38. The van der Waals surface area contributed by atoms with Gasteiger partial charge in [-0.25, -0.2) is 0 Å². The molecule has 0 spiro atoms. The number of amides is 1. The lowest BCUT2D eigenvalue weighted by molar-refractivity contribution is -0.387. The van der Waals surface area contributed by atoms with Crippen molar-refractivity contribution >= 4 is 34.7 Å². The van der Waals surface area contributed by atoms with Crippen molar-refractivity contribution in [2.45, 2.75) is 10.1 Å². The Morgan fingerprint density at radius 3 is 2.27 bits per heavy atom. The van der Waals surface area contributed by atoms with Crippen LogP contribution in [0.5, 0.6) is 0 Å². The minimum Gasteiger partial charge on any atom is -0.368 e. The van der Waals surface area contributed by atoms with Gasteiger partial charge >= 0.3 is 0 Å². The molecular formula is C20H19N7O5S. The zero-order valence-electron chi connectivity index (χ0n) is 17.5. The molecule has 0 N–H and O–H groups in total. The van der Waals surface area contributed by atoms with Gasteiger partial charge in [0.05, 0.1) is 14.7 Å². The summed E-state index contributed by atoms with van der Waals surface area (Å²) in [7, 11) is 1.74. The summed E-state index contributed by atoms with van der Waals surface area (Å²) in [4.78, 5) is 38.5. The highest BCUT2D eigenvalue weighted by Gasteiger charge is 2.25. The van der Waals surface area contributed by atoms with Gasteiger partial charge < -0.3 is 14.4 Å². The topological polar surface area (TPSA) is 141 Å². The van der Waals surface area contributed by atoms with Crippen LogP contribution in [0.4, 0.5) is 17.1 Å². The van der Waals surface area contributed by atoms with Crippen LogP contribution in [0.25, 0.3) is 0 Å². The third kappa shape index (κ3) is 4.77. The fourth-order valence-electron chi connectivity index (χ4n) is 3.48. The molecule has 0 atom stereocenters. The van der Waals surface area contributed by atoms with Gasteiger partial charge in [-0.3, -0.25) is 25.0 Å². The van der Waals surface area contributed by atoms with Crippen molar-refractivity contribution in [3.8, 4) is 0 Å². The molecule has 170 valence electrons. The van der Waals surface area contributed by atoms with Gasteiger partial charge in [0.15, 0.2) is 5.16 Å². The molecule has 0 aliphatic carbocycles. The Hall–Kier alpha value is -4.00. The predicted octanol–water partition coefficient (Wildman–Crippen LogP) is 2.75. The van der Waals surface area contributed by atoms with Gasteiger partial charge in [-0.1, -0.05) is 0 Å². The molecule has 13 heteroatoms. The normalized spacial score (nSPS) is 13.7. The molecule has 0 saturated carbocycles. The van der Waals surface area contributed by atoms with E-state index in [1.165, 1.54) is 24.5 Å². The van der Waals surface area contributed by atoms with Gasteiger partial charge in [-0.2, -0.15) is 0 Å². The van der Waals surface area contributed by atoms with Gasteiger partial charge in [0.2, 0.25) is 0 Å². The van der Waals surface area contributed by atoms with Gasteiger partial charge in [0, 0.05) is 62.7 Å². The summed E-state index contributed by atoms with van der Waals surface area (Å²) >= 11 is 1.11. The van der Waals surface area contributed by atoms with Crippen LogP contribution in [0.1, 0.15) is 10.4 Å². The highest BCUT2D eigenvalue weighted by atomic mass is 32.2. The third-order valence-electron chi connectivity index (χ3n) is 5.27. The zero-order valence-corrected chi connectivity index (χ0v) is 18.3. The first kappa shape index (κ1) is 22.2. The first-order chi connectivity index (χ1) is 15.8. The first-order valence-electron chi connectivity index (χ1n) is 9.92. The lowest BCUT2D eigenvalue weighted by atomic mass is 10.1. The summed E-state index contributed by atoms with van der Waals surface area (Å²) in [5, 5.41) is 30.6. The van der Waals surface area contributed by atoms with Gasteiger partial charge in [0.25, 0.3) is 17.3 Å². The number of aromatic nitrogens is 3. The molecule has 1 amide bonds. The van der Waals surface area contributed by atoms with Crippen molar-refractivity contribution in [2.75, 3.05) is 31.1 Å². The van der Waals surface area contributed by atoms with Gasteiger partial charge in [-0.05, 0) is 36.0 Å². The van der Waals surface area contributed by atoms with E-state index in [4.69, 9.17) is 0 Å². The maximum absolute atomic E-state index is 13.0. The number of piperazine rings is 1. The molecule has 1 fully saturated rings. The molecule has 1 aliphatic heterocycles. The maximum atomic E-state index is 13.0. The van der Waals surface area contributed by atoms with E-state index >= 15 is 0 Å². The minimum absolute atomic E-state index is 0.0231. The molecule has 0 unspecified atom stereocenters. The first-order valence-corrected chi connectivity index (χ1v) is 10.7. The Kier molecular flexibility index (Phi) is 6.22. The number of nitrogens with zero attached hydrogens (tertiary/aromatic N) is 7. The van der Waals surface area contributed by atoms with Crippen LogP contribution in [0.2, 0.25) is 0 Å². The highest BCUT2D eigenvalue weighted by Crippen LogP contribution is 2.34. The molecule has 2 heterocycles. The average molecular weight is 469 g/mol. The lowest BCUT2D eigenvalue weighted by Crippen LogP contribution is -2.48. The lowest BCUT2D eigenvalue weighted by Gasteiger charge is -2.36. The van der Waals surface area contributed by atoms with Gasteiger partial charge in [0.1, 0.15) is 6.33 Å². The van der Waals surface area contributed by atoms with E-state index in [9.17, 15) is 25.0 Å². The molecule has 1 saturated heterocycles. The average Bonchev–Trinajstić information content (AvgIpc) is 3.23. The molecular weight excluding hydrogens is 450 g/mol. The van der Waals surface area contributed by atoms with Crippen molar-refractivity contribution in [2.24, 2.45) is 7.05 Å². The smallest absolute Gasteiger partial charge is 0.284 e. The Morgan fingerprint density at radius 2 is 1.70 bits per heavy atom. The van der Waals surface area contributed by atoms with E-state index in [2.05, 4.69) is 10.2 Å². The van der Waals surface area contributed by atoms with Crippen molar-refractivity contribution < 1.29 is 14.6 Å². The molecule has 12 nitrogen and oxygen atoms in total. The number of carbonyl (C=O) groups is 1. The molecule has 2 aromatic carbocycles. The summed E-state index contributed by atoms with van der Waals surface area (Å²) in [6.45, 7) is 1.95. The number of nitro benzene ring substituents is 2. The van der Waals surface area contributed by atoms with Crippen molar-refractivity contribution in [3.05, 3.63) is 74.6 Å². The van der Waals surface area contributed by atoms with Crippen LogP contribution in [-0.4, -0.2) is 61.6 Å². The summed E-state index contributed by atoms with van der Waals surface area (Å²) < 4.78 is 1.65. The van der Waals surface area contributed by atoms with E-state index in [0.29, 0.717) is 36.2 Å². The maximum Gasteiger partial charge on any atom is 0.284 e. The second-order valence-electron chi connectivity index (χ2n) is 7.32. The Morgan fingerprint density at radius 1 is 1.00 bits per heavy atom. The number of nitro groups is 2. The summed E-state index contributed by atoms with van der Waals surface area (Å²) in [6, 6.07) is 10.7. The van der Waals surface area contributed by atoms with Crippen LogP contribution in [0, 0.1) is 20.2 Å². The number of benzene rings is 2. The largest absolute Gasteiger partial charge is 0.368 e. The minimum atomic E-state index is -0.512. The molecule has 0 radical (unpaired) electrons. The van der Waals surface area contributed by atoms with Crippen molar-refractivity contribution in [3.63, 3.8) is 0 Å². The van der Waals surface area contributed by atoms with E-state index in [-0.39, 0.29) is 22.8 Å². The van der Waals surface area contributed by atoms with E-state index < -0.39 is 9.85 Å². The number of rotatable bonds is 6. The summed E-state index contributed by atoms with van der Waals surface area (Å²) in [5.41, 5.74) is 0.939. The Balaban J connectivity index is 1.45. The second kappa shape index (κ2) is 9.24. The standard InChI is InChI=1S/C20H19N7O5S/c1-23-13-21-22-20(23)33-18-7-2-14(12-17(18)27(31)32)19(28)25-10-8-24(9-11-25)15-3-5-16(6-4-15)26(29)30/h2-7,12-13H,8-11H2,1H3. The molecule has 1 aromatic heterocycles.